The molecular formula is C15H22N2O3S. The summed E-state index contributed by atoms with van der Waals surface area (Å²) in [5.74, 6) is -0.0472. The minimum Gasteiger partial charge on any atom is -0.390 e. The molecule has 2 N–H and O–H groups in total. The predicted octanol–water partition coefficient (Wildman–Crippen LogP) is 0.00840. The third-order valence-corrected chi connectivity index (χ3v) is 6.01. The van der Waals surface area contributed by atoms with Gasteiger partial charge in [-0.1, -0.05) is 30.3 Å². The van der Waals surface area contributed by atoms with E-state index in [4.69, 9.17) is 0 Å². The number of likely N-dealkylation sites (tertiary alicyclic amines) is 1. The number of aliphatic hydroxyl groups excluding tert-OH is 1. The number of sulfone groups is 1. The first-order valence-electron chi connectivity index (χ1n) is 7.43. The summed E-state index contributed by atoms with van der Waals surface area (Å²) in [7, 11) is -3.07. The third kappa shape index (κ3) is 3.83. The van der Waals surface area contributed by atoms with Crippen molar-refractivity contribution in [3.63, 3.8) is 0 Å². The zero-order valence-corrected chi connectivity index (χ0v) is 12.8. The maximum absolute atomic E-state index is 11.5. The molecule has 5 nitrogen and oxygen atoms in total. The molecule has 116 valence electrons. The average Bonchev–Trinajstić information content (AvgIpc) is 2.95. The van der Waals surface area contributed by atoms with Gasteiger partial charge in [-0.3, -0.25) is 4.90 Å². The van der Waals surface area contributed by atoms with Crippen LogP contribution >= 0.6 is 0 Å². The van der Waals surface area contributed by atoms with Crippen molar-refractivity contribution in [2.45, 2.75) is 31.2 Å². The number of nitrogens with zero attached hydrogens (tertiary/aromatic N) is 1. The first-order chi connectivity index (χ1) is 10.0. The molecule has 0 spiro atoms. The smallest absolute Gasteiger partial charge is 0.154 e. The number of hydrogen-bond donors (Lipinski definition) is 2. The summed E-state index contributed by atoms with van der Waals surface area (Å²) in [4.78, 5) is 2.36. The Balaban J connectivity index is 1.51. The molecule has 1 aromatic carbocycles. The minimum absolute atomic E-state index is 0.0589. The molecular weight excluding hydrogens is 288 g/mol. The van der Waals surface area contributed by atoms with Gasteiger partial charge in [0.2, 0.25) is 0 Å². The van der Waals surface area contributed by atoms with E-state index in [9.17, 15) is 13.5 Å². The summed E-state index contributed by atoms with van der Waals surface area (Å²) in [6.07, 6.45) is 0.231. The first kappa shape index (κ1) is 15.0. The second-order valence-electron chi connectivity index (χ2n) is 6.12. The van der Waals surface area contributed by atoms with Gasteiger partial charge in [-0.05, 0) is 12.0 Å². The normalized spacial score (nSPS) is 32.5. The van der Waals surface area contributed by atoms with Gasteiger partial charge in [-0.15, -0.1) is 0 Å². The molecule has 1 aromatic rings. The molecule has 0 aliphatic carbocycles. The van der Waals surface area contributed by atoms with Crippen LogP contribution in [0.1, 0.15) is 12.0 Å². The summed E-state index contributed by atoms with van der Waals surface area (Å²) in [6.45, 7) is 2.82. The Kier molecular flexibility index (Phi) is 4.31. The van der Waals surface area contributed by atoms with E-state index in [0.717, 1.165) is 26.1 Å². The van der Waals surface area contributed by atoms with Gasteiger partial charge in [0.05, 0.1) is 17.6 Å². The van der Waals surface area contributed by atoms with Gasteiger partial charge in [0.1, 0.15) is 0 Å². The van der Waals surface area contributed by atoms with E-state index in [2.05, 4.69) is 22.3 Å². The lowest BCUT2D eigenvalue weighted by Crippen LogP contribution is -2.46. The van der Waals surface area contributed by atoms with Crippen LogP contribution in [-0.4, -0.2) is 61.2 Å². The summed E-state index contributed by atoms with van der Waals surface area (Å²) >= 11 is 0. The van der Waals surface area contributed by atoms with E-state index < -0.39 is 15.9 Å². The molecule has 2 fully saturated rings. The molecule has 0 amide bonds. The zero-order chi connectivity index (χ0) is 14.9. The largest absolute Gasteiger partial charge is 0.390 e. The molecule has 2 aliphatic heterocycles. The van der Waals surface area contributed by atoms with Crippen molar-refractivity contribution in [1.29, 1.82) is 0 Å². The van der Waals surface area contributed by atoms with Gasteiger partial charge in [0, 0.05) is 31.7 Å². The Morgan fingerprint density at radius 2 is 2.00 bits per heavy atom. The molecule has 2 aliphatic rings. The van der Waals surface area contributed by atoms with Crippen LogP contribution in [0, 0.1) is 0 Å². The number of benzene rings is 1. The molecule has 0 bridgehead atoms. The first-order valence-corrected chi connectivity index (χ1v) is 9.25. The van der Waals surface area contributed by atoms with Crippen molar-refractivity contribution in [2.24, 2.45) is 0 Å². The molecule has 3 rings (SSSR count). The summed E-state index contributed by atoms with van der Waals surface area (Å²) in [5, 5.41) is 13.2. The van der Waals surface area contributed by atoms with Crippen molar-refractivity contribution in [3.05, 3.63) is 35.9 Å². The van der Waals surface area contributed by atoms with Crippen molar-refractivity contribution in [2.75, 3.05) is 24.6 Å². The monoisotopic (exact) mass is 310 g/mol. The van der Waals surface area contributed by atoms with Gasteiger partial charge in [0.15, 0.2) is 9.84 Å². The van der Waals surface area contributed by atoms with Crippen molar-refractivity contribution in [3.8, 4) is 0 Å². The van der Waals surface area contributed by atoms with Crippen LogP contribution in [0.5, 0.6) is 0 Å². The van der Waals surface area contributed by atoms with Gasteiger partial charge in [-0.2, -0.15) is 0 Å². The number of hydrogen-bond acceptors (Lipinski definition) is 5. The Bertz CT molecular complexity index is 576. The zero-order valence-electron chi connectivity index (χ0n) is 12.0. The topological polar surface area (TPSA) is 69.6 Å². The lowest BCUT2D eigenvalue weighted by Gasteiger charge is -2.21. The van der Waals surface area contributed by atoms with Crippen molar-refractivity contribution in [1.82, 2.24) is 10.2 Å². The second-order valence-corrected chi connectivity index (χ2v) is 8.28. The summed E-state index contributed by atoms with van der Waals surface area (Å²) in [5.41, 5.74) is 1.29. The van der Waals surface area contributed by atoms with E-state index in [0.29, 0.717) is 0 Å². The van der Waals surface area contributed by atoms with Gasteiger partial charge >= 0.3 is 0 Å². The lowest BCUT2D eigenvalue weighted by molar-refractivity contribution is 0.158. The van der Waals surface area contributed by atoms with Gasteiger partial charge in [0.25, 0.3) is 0 Å². The van der Waals surface area contributed by atoms with E-state index in [1.807, 2.05) is 18.2 Å². The summed E-state index contributed by atoms with van der Waals surface area (Å²) in [6, 6.07) is 10.3. The Hall–Kier alpha value is -0.950. The highest BCUT2D eigenvalue weighted by molar-refractivity contribution is 7.91. The van der Waals surface area contributed by atoms with Crippen LogP contribution in [-0.2, 0) is 16.4 Å². The van der Waals surface area contributed by atoms with Crippen LogP contribution in [0.4, 0.5) is 0 Å². The van der Waals surface area contributed by atoms with Crippen molar-refractivity contribution >= 4 is 9.84 Å². The number of aliphatic hydroxyl groups is 1. The Labute approximate surface area is 125 Å². The number of nitrogens with one attached hydrogen (secondary N) is 1. The molecule has 2 heterocycles. The van der Waals surface area contributed by atoms with Crippen LogP contribution < -0.4 is 5.32 Å². The maximum Gasteiger partial charge on any atom is 0.154 e. The molecule has 3 atom stereocenters. The van der Waals surface area contributed by atoms with E-state index >= 15 is 0 Å². The fourth-order valence-electron chi connectivity index (χ4n) is 3.24. The quantitative estimate of drug-likeness (QED) is 0.820. The highest BCUT2D eigenvalue weighted by Crippen LogP contribution is 2.18. The molecule has 21 heavy (non-hydrogen) atoms. The minimum atomic E-state index is -3.07. The van der Waals surface area contributed by atoms with Crippen LogP contribution in [0.3, 0.4) is 0 Å². The molecule has 0 radical (unpaired) electrons. The second kappa shape index (κ2) is 6.04. The maximum atomic E-state index is 11.5. The van der Waals surface area contributed by atoms with Gasteiger partial charge in [-0.25, -0.2) is 8.42 Å². The van der Waals surface area contributed by atoms with Crippen LogP contribution in [0.25, 0.3) is 0 Å². The standard InChI is InChI=1S/C15H22N2O3S/c18-15-11-21(19,20)10-14(15)16-13-6-7-17(9-13)8-12-4-2-1-3-5-12/h1-5,13-16,18H,6-11H2/t13-,14-,15-/m0/s1. The number of rotatable bonds is 4. The average molecular weight is 310 g/mol. The molecule has 2 saturated heterocycles. The molecule has 0 unspecified atom stereocenters. The van der Waals surface area contributed by atoms with Crippen LogP contribution in [0.2, 0.25) is 0 Å². The Morgan fingerprint density at radius 3 is 2.67 bits per heavy atom. The lowest BCUT2D eigenvalue weighted by atomic mass is 10.1. The van der Waals surface area contributed by atoms with Crippen molar-refractivity contribution < 1.29 is 13.5 Å². The third-order valence-electron chi connectivity index (χ3n) is 4.29. The SMILES string of the molecule is O=S1(=O)C[C@H](N[C@H]2CCN(Cc3ccccc3)C2)[C@@H](O)C1. The Morgan fingerprint density at radius 1 is 1.24 bits per heavy atom. The molecule has 0 saturated carbocycles. The van der Waals surface area contributed by atoms with E-state index in [1.54, 1.807) is 0 Å². The molecule has 6 heteroatoms. The van der Waals surface area contributed by atoms with E-state index in [-0.39, 0.29) is 23.6 Å². The molecule has 0 aromatic heterocycles. The highest BCUT2D eigenvalue weighted by Gasteiger charge is 2.38. The fourth-order valence-corrected chi connectivity index (χ4v) is 5.00. The highest BCUT2D eigenvalue weighted by atomic mass is 32.2. The van der Waals surface area contributed by atoms with Crippen LogP contribution in [0.15, 0.2) is 30.3 Å². The fraction of sp³-hybridized carbons (Fsp3) is 0.600. The van der Waals surface area contributed by atoms with Gasteiger partial charge < -0.3 is 10.4 Å². The van der Waals surface area contributed by atoms with E-state index in [1.165, 1.54) is 5.56 Å². The summed E-state index contributed by atoms with van der Waals surface area (Å²) < 4.78 is 23.0. The predicted molar refractivity (Wildman–Crippen MR) is 81.7 cm³/mol.